The molecular formula is C17H14ClNO. The molecule has 2 nitrogen and oxygen atoms in total. The van der Waals surface area contributed by atoms with E-state index in [2.05, 4.69) is 4.98 Å². The molecule has 0 radical (unpaired) electrons. The number of H-pyrrole nitrogens is 1. The predicted octanol–water partition coefficient (Wildman–Crippen LogP) is 4.67. The maximum atomic E-state index is 12.7. The number of nitrogens with one attached hydrogen (secondary N) is 1. The molecule has 2 aromatic carbocycles. The second-order valence-electron chi connectivity index (χ2n) is 5.02. The zero-order valence-corrected chi connectivity index (χ0v) is 12.1. The molecule has 0 amide bonds. The van der Waals surface area contributed by atoms with E-state index in [0.29, 0.717) is 16.1 Å². The first-order valence-electron chi connectivity index (χ1n) is 6.45. The Morgan fingerprint density at radius 1 is 1.10 bits per heavy atom. The van der Waals surface area contributed by atoms with Crippen molar-refractivity contribution in [1.29, 1.82) is 0 Å². The molecule has 0 aliphatic rings. The summed E-state index contributed by atoms with van der Waals surface area (Å²) in [7, 11) is 0. The number of benzene rings is 2. The smallest absolute Gasteiger partial charge is 0.196 e. The van der Waals surface area contributed by atoms with E-state index in [4.69, 9.17) is 11.6 Å². The van der Waals surface area contributed by atoms with Crippen LogP contribution in [0.25, 0.3) is 10.9 Å². The number of aryl methyl sites for hydroxylation is 2. The Morgan fingerprint density at radius 3 is 2.70 bits per heavy atom. The molecule has 3 aromatic rings. The van der Waals surface area contributed by atoms with Crippen LogP contribution in [0.3, 0.4) is 0 Å². The molecule has 1 N–H and O–H groups in total. The number of carbonyl (C=O) groups is 1. The van der Waals surface area contributed by atoms with E-state index < -0.39 is 0 Å². The van der Waals surface area contributed by atoms with Gasteiger partial charge in [-0.2, -0.15) is 0 Å². The molecular weight excluding hydrogens is 270 g/mol. The normalized spacial score (nSPS) is 10.9. The lowest BCUT2D eigenvalue weighted by molar-refractivity contribution is 0.104. The summed E-state index contributed by atoms with van der Waals surface area (Å²) in [5.74, 6) is -0.0458. The van der Waals surface area contributed by atoms with Gasteiger partial charge in [0.15, 0.2) is 5.78 Å². The second-order valence-corrected chi connectivity index (χ2v) is 5.39. The number of fused-ring (bicyclic) bond motifs is 1. The van der Waals surface area contributed by atoms with Gasteiger partial charge in [0.1, 0.15) is 0 Å². The number of hydrogen-bond donors (Lipinski definition) is 1. The third-order valence-corrected chi connectivity index (χ3v) is 4.02. The summed E-state index contributed by atoms with van der Waals surface area (Å²) in [4.78, 5) is 15.8. The summed E-state index contributed by atoms with van der Waals surface area (Å²) >= 11 is 6.26. The fourth-order valence-electron chi connectivity index (χ4n) is 2.39. The molecule has 1 heterocycles. The monoisotopic (exact) mass is 283 g/mol. The Balaban J connectivity index is 2.18. The first-order chi connectivity index (χ1) is 9.58. The third-order valence-electron chi connectivity index (χ3n) is 3.52. The quantitative estimate of drug-likeness (QED) is 0.681. The van der Waals surface area contributed by atoms with E-state index in [9.17, 15) is 4.79 Å². The van der Waals surface area contributed by atoms with Crippen LogP contribution < -0.4 is 0 Å². The summed E-state index contributed by atoms with van der Waals surface area (Å²) in [6.45, 7) is 3.92. The fraction of sp³-hybridized carbons (Fsp3) is 0.118. The Morgan fingerprint density at radius 2 is 1.90 bits per heavy atom. The van der Waals surface area contributed by atoms with Gasteiger partial charge in [-0.25, -0.2) is 0 Å². The number of ketones is 1. The van der Waals surface area contributed by atoms with Crippen molar-refractivity contribution >= 4 is 28.3 Å². The molecule has 1 aromatic heterocycles. The van der Waals surface area contributed by atoms with Gasteiger partial charge in [-0.15, -0.1) is 0 Å². The highest BCUT2D eigenvalue weighted by molar-refractivity contribution is 6.36. The molecule has 20 heavy (non-hydrogen) atoms. The predicted molar refractivity (Wildman–Crippen MR) is 82.7 cm³/mol. The Bertz CT molecular complexity index is 817. The van der Waals surface area contributed by atoms with Crippen molar-refractivity contribution in [2.24, 2.45) is 0 Å². The van der Waals surface area contributed by atoms with Gasteiger partial charge in [0.25, 0.3) is 0 Å². The van der Waals surface area contributed by atoms with Gasteiger partial charge < -0.3 is 4.98 Å². The molecule has 0 saturated heterocycles. The van der Waals surface area contributed by atoms with Crippen molar-refractivity contribution in [3.8, 4) is 0 Å². The molecule has 3 heteroatoms. The van der Waals surface area contributed by atoms with Gasteiger partial charge in [0.2, 0.25) is 0 Å². The number of carbonyl (C=O) groups excluding carboxylic acids is 1. The van der Waals surface area contributed by atoms with Crippen LogP contribution in [-0.2, 0) is 0 Å². The lowest BCUT2D eigenvalue weighted by Crippen LogP contribution is -2.02. The summed E-state index contributed by atoms with van der Waals surface area (Å²) in [6.07, 6.45) is 1.76. The average molecular weight is 284 g/mol. The van der Waals surface area contributed by atoms with Crippen LogP contribution in [0.1, 0.15) is 27.0 Å². The molecule has 0 fully saturated rings. The van der Waals surface area contributed by atoms with Gasteiger partial charge in [-0.1, -0.05) is 35.4 Å². The molecule has 0 unspecified atom stereocenters. The lowest BCUT2D eigenvalue weighted by Gasteiger charge is -2.05. The van der Waals surface area contributed by atoms with Crippen LogP contribution in [0.5, 0.6) is 0 Å². The van der Waals surface area contributed by atoms with Crippen molar-refractivity contribution in [3.63, 3.8) is 0 Å². The van der Waals surface area contributed by atoms with Crippen LogP contribution >= 0.6 is 11.6 Å². The topological polar surface area (TPSA) is 32.9 Å². The highest BCUT2D eigenvalue weighted by Crippen LogP contribution is 2.27. The van der Waals surface area contributed by atoms with Crippen LogP contribution in [0, 0.1) is 13.8 Å². The molecule has 3 rings (SSSR count). The van der Waals surface area contributed by atoms with Gasteiger partial charge in [0, 0.05) is 28.2 Å². The summed E-state index contributed by atoms with van der Waals surface area (Å²) in [5.41, 5.74) is 4.21. The largest absolute Gasteiger partial charge is 0.360 e. The van der Waals surface area contributed by atoms with E-state index in [1.54, 1.807) is 12.3 Å². The van der Waals surface area contributed by atoms with Crippen molar-refractivity contribution in [3.05, 3.63) is 69.9 Å². The number of aromatic nitrogens is 1. The molecule has 100 valence electrons. The second kappa shape index (κ2) is 4.80. The average Bonchev–Trinajstić information content (AvgIpc) is 2.84. The lowest BCUT2D eigenvalue weighted by atomic mass is 10.0. The van der Waals surface area contributed by atoms with Crippen LogP contribution in [0.4, 0.5) is 0 Å². The Labute approximate surface area is 122 Å². The minimum absolute atomic E-state index is 0.0458. The number of rotatable bonds is 2. The van der Waals surface area contributed by atoms with Gasteiger partial charge in [0.05, 0.1) is 5.02 Å². The van der Waals surface area contributed by atoms with Crippen molar-refractivity contribution < 1.29 is 4.79 Å². The van der Waals surface area contributed by atoms with Gasteiger partial charge in [-0.3, -0.25) is 4.79 Å². The molecule has 0 aliphatic heterocycles. The van der Waals surface area contributed by atoms with E-state index in [1.807, 2.05) is 44.2 Å². The van der Waals surface area contributed by atoms with Crippen LogP contribution in [0.15, 0.2) is 42.6 Å². The first-order valence-corrected chi connectivity index (χ1v) is 6.83. The molecule has 0 atom stereocenters. The van der Waals surface area contributed by atoms with E-state index in [0.717, 1.165) is 22.0 Å². The minimum atomic E-state index is -0.0458. The van der Waals surface area contributed by atoms with Crippen molar-refractivity contribution in [2.45, 2.75) is 13.8 Å². The SMILES string of the molecule is Cc1ccc2[nH]cc(C(=O)c3cccc(C)c3Cl)c2c1. The molecule has 0 spiro atoms. The summed E-state index contributed by atoms with van der Waals surface area (Å²) in [5, 5.41) is 1.46. The third kappa shape index (κ3) is 2.02. The number of hydrogen-bond acceptors (Lipinski definition) is 1. The maximum Gasteiger partial charge on any atom is 0.196 e. The molecule has 0 saturated carbocycles. The number of halogens is 1. The highest BCUT2D eigenvalue weighted by Gasteiger charge is 2.17. The van der Waals surface area contributed by atoms with Crippen LogP contribution in [-0.4, -0.2) is 10.8 Å². The van der Waals surface area contributed by atoms with Crippen LogP contribution in [0.2, 0.25) is 5.02 Å². The van der Waals surface area contributed by atoms with E-state index in [-0.39, 0.29) is 5.78 Å². The summed E-state index contributed by atoms with van der Waals surface area (Å²) in [6, 6.07) is 11.5. The zero-order valence-electron chi connectivity index (χ0n) is 11.3. The van der Waals surface area contributed by atoms with E-state index >= 15 is 0 Å². The first kappa shape index (κ1) is 12.9. The standard InChI is InChI=1S/C17H14ClNO/c1-10-6-7-15-13(8-10)14(9-19-15)17(20)12-5-3-4-11(2)16(12)18/h3-9,19H,1-2H3. The fourth-order valence-corrected chi connectivity index (χ4v) is 2.60. The highest BCUT2D eigenvalue weighted by atomic mass is 35.5. The Hall–Kier alpha value is -2.06. The van der Waals surface area contributed by atoms with Crippen molar-refractivity contribution in [2.75, 3.05) is 0 Å². The van der Waals surface area contributed by atoms with Gasteiger partial charge in [-0.05, 0) is 37.6 Å². The minimum Gasteiger partial charge on any atom is -0.360 e. The summed E-state index contributed by atoms with van der Waals surface area (Å²) < 4.78 is 0. The zero-order chi connectivity index (χ0) is 14.3. The number of aromatic amines is 1. The van der Waals surface area contributed by atoms with E-state index in [1.165, 1.54) is 0 Å². The molecule has 0 bridgehead atoms. The Kier molecular flexibility index (Phi) is 3.11. The maximum absolute atomic E-state index is 12.7. The molecule has 0 aliphatic carbocycles. The van der Waals surface area contributed by atoms with Crippen molar-refractivity contribution in [1.82, 2.24) is 4.98 Å². The van der Waals surface area contributed by atoms with Gasteiger partial charge >= 0.3 is 0 Å².